The molecule has 1 aliphatic rings. The summed E-state index contributed by atoms with van der Waals surface area (Å²) >= 11 is 12.1. The number of carbonyl (C=O) groups excluding carboxylic acids is 1. The third kappa shape index (κ3) is 4.72. The maximum absolute atomic E-state index is 13.3. The van der Waals surface area contributed by atoms with Crippen molar-refractivity contribution >= 4 is 46.2 Å². The molecule has 3 aromatic rings. The third-order valence-electron chi connectivity index (χ3n) is 6.18. The quantitative estimate of drug-likeness (QED) is 0.210. The number of amides is 1. The van der Waals surface area contributed by atoms with Gasteiger partial charge in [0.15, 0.2) is 5.11 Å². The Hall–Kier alpha value is -3.47. The number of hydrogen-bond donors (Lipinski definition) is 0. The summed E-state index contributed by atoms with van der Waals surface area (Å²) in [6.07, 6.45) is 4.23. The van der Waals surface area contributed by atoms with Gasteiger partial charge in [-0.2, -0.15) is 0 Å². The van der Waals surface area contributed by atoms with Gasteiger partial charge in [0.2, 0.25) is 5.69 Å². The summed E-state index contributed by atoms with van der Waals surface area (Å²) in [5, 5.41) is 0.768. The Labute approximate surface area is 215 Å². The van der Waals surface area contributed by atoms with E-state index in [9.17, 15) is 4.79 Å². The molecule has 0 spiro atoms. The fraction of sp³-hybridized carbons (Fsp3) is 0.259. The molecule has 0 N–H and O–H groups in total. The fourth-order valence-corrected chi connectivity index (χ4v) is 4.82. The van der Waals surface area contributed by atoms with Crippen molar-refractivity contribution in [2.24, 2.45) is 0 Å². The van der Waals surface area contributed by atoms with Gasteiger partial charge in [0.25, 0.3) is 5.91 Å². The van der Waals surface area contributed by atoms with Crippen LogP contribution in [0.2, 0.25) is 5.02 Å². The van der Waals surface area contributed by atoms with E-state index in [1.807, 2.05) is 55.1 Å². The summed E-state index contributed by atoms with van der Waals surface area (Å²) in [6.45, 7) is 13.8. The second-order valence-corrected chi connectivity index (χ2v) is 9.49. The highest BCUT2D eigenvalue weighted by atomic mass is 35.5. The van der Waals surface area contributed by atoms with E-state index in [0.29, 0.717) is 46.6 Å². The number of carbonyl (C=O) groups is 1. The number of ether oxygens (including phenoxy) is 1. The first-order valence-electron chi connectivity index (χ1n) is 11.2. The Morgan fingerprint density at radius 1 is 1.09 bits per heavy atom. The summed E-state index contributed by atoms with van der Waals surface area (Å²) in [5.74, 6) is 0.666. The van der Waals surface area contributed by atoms with Crippen molar-refractivity contribution < 1.29 is 9.53 Å². The van der Waals surface area contributed by atoms with E-state index in [0.717, 1.165) is 16.9 Å². The van der Waals surface area contributed by atoms with Gasteiger partial charge in [0.1, 0.15) is 11.3 Å². The third-order valence-corrected chi connectivity index (χ3v) is 7.07. The Kier molecular flexibility index (Phi) is 7.06. The number of halogens is 1. The molecule has 8 heteroatoms. The van der Waals surface area contributed by atoms with Gasteiger partial charge in [-0.3, -0.25) is 14.7 Å². The first kappa shape index (κ1) is 24.6. The van der Waals surface area contributed by atoms with E-state index in [4.69, 9.17) is 35.1 Å². The average Bonchev–Trinajstić information content (AvgIpc) is 3.03. The molecule has 35 heavy (non-hydrogen) atoms. The lowest BCUT2D eigenvalue weighted by molar-refractivity contribution is -0.123. The number of benzene rings is 2. The minimum Gasteiger partial charge on any atom is -0.494 e. The van der Waals surface area contributed by atoms with E-state index < -0.39 is 5.54 Å². The van der Waals surface area contributed by atoms with Crippen molar-refractivity contribution in [3.63, 3.8) is 0 Å². The summed E-state index contributed by atoms with van der Waals surface area (Å²) < 4.78 is 5.93. The van der Waals surface area contributed by atoms with Crippen molar-refractivity contribution in [1.82, 2.24) is 9.88 Å². The first-order valence-corrected chi connectivity index (χ1v) is 12.0. The van der Waals surface area contributed by atoms with Crippen molar-refractivity contribution in [2.45, 2.75) is 32.7 Å². The minimum absolute atomic E-state index is 0.121. The smallest absolute Gasteiger partial charge is 0.258 e. The minimum atomic E-state index is -0.805. The van der Waals surface area contributed by atoms with E-state index in [2.05, 4.69) is 9.83 Å². The molecule has 6 nitrogen and oxygen atoms in total. The van der Waals surface area contributed by atoms with Gasteiger partial charge >= 0.3 is 0 Å². The van der Waals surface area contributed by atoms with Crippen LogP contribution < -0.4 is 9.64 Å². The first-order chi connectivity index (χ1) is 16.8. The van der Waals surface area contributed by atoms with Crippen molar-refractivity contribution in [1.29, 1.82) is 0 Å². The van der Waals surface area contributed by atoms with Crippen LogP contribution in [-0.2, 0) is 4.79 Å². The highest BCUT2D eigenvalue weighted by molar-refractivity contribution is 7.80. The number of hydrogen-bond acceptors (Lipinski definition) is 4. The SMILES string of the molecule is [C-]#[N+]c1ccc(N2C(=O)C(C)(C)N(CCCOc3ccc(-c4ccncc4)cc3)C2=S)c(C)c1Cl. The lowest BCUT2D eigenvalue weighted by atomic mass is 10.0. The molecule has 0 saturated carbocycles. The molecule has 2 heterocycles. The summed E-state index contributed by atoms with van der Waals surface area (Å²) in [7, 11) is 0. The Morgan fingerprint density at radius 3 is 2.40 bits per heavy atom. The summed E-state index contributed by atoms with van der Waals surface area (Å²) in [5.41, 5.74) is 3.02. The van der Waals surface area contributed by atoms with Crippen LogP contribution in [0.3, 0.4) is 0 Å². The maximum Gasteiger partial charge on any atom is 0.258 e. The molecular formula is C27H25ClN4O2S. The maximum atomic E-state index is 13.3. The number of pyridine rings is 1. The average molecular weight is 505 g/mol. The van der Waals surface area contributed by atoms with Gasteiger partial charge in [0.05, 0.1) is 23.9 Å². The number of rotatable bonds is 7. The highest BCUT2D eigenvalue weighted by Gasteiger charge is 2.49. The number of anilines is 1. The molecule has 1 aliphatic heterocycles. The molecular weight excluding hydrogens is 480 g/mol. The van der Waals surface area contributed by atoms with Crippen LogP contribution in [0, 0.1) is 13.5 Å². The molecule has 0 atom stereocenters. The van der Waals surface area contributed by atoms with Crippen LogP contribution in [0.4, 0.5) is 11.4 Å². The van der Waals surface area contributed by atoms with Crippen LogP contribution in [0.1, 0.15) is 25.8 Å². The van der Waals surface area contributed by atoms with Crippen LogP contribution >= 0.6 is 23.8 Å². The molecule has 0 unspecified atom stereocenters. The molecule has 1 amide bonds. The van der Waals surface area contributed by atoms with E-state index in [1.54, 1.807) is 31.5 Å². The molecule has 0 radical (unpaired) electrons. The zero-order chi connectivity index (χ0) is 25.2. The number of thiocarbonyl (C=S) groups is 1. The van der Waals surface area contributed by atoms with Crippen molar-refractivity contribution in [3.8, 4) is 16.9 Å². The predicted octanol–water partition coefficient (Wildman–Crippen LogP) is 6.44. The molecule has 0 bridgehead atoms. The van der Waals surface area contributed by atoms with Gasteiger partial charge < -0.3 is 9.64 Å². The summed E-state index contributed by atoms with van der Waals surface area (Å²) in [6, 6.07) is 15.2. The topological polar surface area (TPSA) is 50.0 Å². The Bertz CT molecular complexity index is 1300. The monoisotopic (exact) mass is 504 g/mol. The van der Waals surface area contributed by atoms with E-state index in [-0.39, 0.29) is 5.91 Å². The second-order valence-electron chi connectivity index (χ2n) is 8.75. The molecule has 4 rings (SSSR count). The van der Waals surface area contributed by atoms with Gasteiger partial charge in [-0.05, 0) is 86.4 Å². The number of nitrogens with zero attached hydrogens (tertiary/aromatic N) is 4. The number of aromatic nitrogens is 1. The Balaban J connectivity index is 1.40. The lowest BCUT2D eigenvalue weighted by Gasteiger charge is -2.29. The van der Waals surface area contributed by atoms with Gasteiger partial charge in [0, 0.05) is 18.9 Å². The Morgan fingerprint density at radius 2 is 1.74 bits per heavy atom. The molecule has 1 aromatic heterocycles. The van der Waals surface area contributed by atoms with Gasteiger partial charge in [-0.15, -0.1) is 0 Å². The van der Waals surface area contributed by atoms with Crippen molar-refractivity contribution in [2.75, 3.05) is 18.1 Å². The van der Waals surface area contributed by atoms with Crippen LogP contribution in [-0.4, -0.2) is 39.6 Å². The summed E-state index contributed by atoms with van der Waals surface area (Å²) in [4.78, 5) is 24.3. The van der Waals surface area contributed by atoms with Gasteiger partial charge in [-0.1, -0.05) is 29.8 Å². The molecule has 1 saturated heterocycles. The van der Waals surface area contributed by atoms with Gasteiger partial charge in [-0.25, -0.2) is 4.85 Å². The standard InChI is InChI=1S/C27H25ClN4O2S/c1-18-23(11-10-22(29-4)24(18)28)32-25(33)27(2,3)31(26(32)35)16-5-17-34-21-8-6-19(7-9-21)20-12-14-30-15-13-20/h6-15H,5,16-17H2,1-3H3. The molecule has 178 valence electrons. The van der Waals surface area contributed by atoms with Crippen molar-refractivity contribution in [3.05, 3.63) is 82.9 Å². The molecule has 2 aromatic carbocycles. The normalized spacial score (nSPS) is 14.8. The zero-order valence-electron chi connectivity index (χ0n) is 19.8. The van der Waals surface area contributed by atoms with Crippen LogP contribution in [0.15, 0.2) is 60.9 Å². The largest absolute Gasteiger partial charge is 0.494 e. The predicted molar refractivity (Wildman–Crippen MR) is 143 cm³/mol. The highest BCUT2D eigenvalue weighted by Crippen LogP contribution is 2.39. The zero-order valence-corrected chi connectivity index (χ0v) is 21.4. The molecule has 1 fully saturated rings. The van der Waals surface area contributed by atoms with Crippen LogP contribution in [0.25, 0.3) is 16.0 Å². The van der Waals surface area contributed by atoms with Crippen LogP contribution in [0.5, 0.6) is 5.75 Å². The van der Waals surface area contributed by atoms with E-state index >= 15 is 0 Å². The lowest BCUT2D eigenvalue weighted by Crippen LogP contribution is -2.44. The van der Waals surface area contributed by atoms with E-state index in [1.165, 1.54) is 4.90 Å². The second kappa shape index (κ2) is 10.0. The fourth-order valence-electron chi connectivity index (χ4n) is 4.11. The molecule has 0 aliphatic carbocycles.